The molecule has 4 fully saturated rings. The molecule has 0 aromatic rings. The van der Waals surface area contributed by atoms with Crippen molar-refractivity contribution in [3.63, 3.8) is 0 Å². The van der Waals surface area contributed by atoms with E-state index in [4.69, 9.17) is 9.47 Å². The summed E-state index contributed by atoms with van der Waals surface area (Å²) in [6.07, 6.45) is 10.1. The van der Waals surface area contributed by atoms with Gasteiger partial charge in [-0.15, -0.1) is 13.2 Å². The van der Waals surface area contributed by atoms with Crippen LogP contribution in [-0.2, 0) is 23.9 Å². The molecule has 0 aromatic carbocycles. The van der Waals surface area contributed by atoms with Crippen molar-refractivity contribution >= 4 is 17.8 Å². The van der Waals surface area contributed by atoms with E-state index in [9.17, 15) is 19.5 Å². The van der Waals surface area contributed by atoms with E-state index in [1.54, 1.807) is 17.1 Å². The normalized spacial score (nSPS) is 34.7. The Morgan fingerprint density at radius 1 is 1.23 bits per heavy atom. The number of esters is 1. The number of fused-ring (bicyclic) bond motifs is 1. The molecule has 218 valence electrons. The van der Waals surface area contributed by atoms with Crippen LogP contribution in [0.1, 0.15) is 79.1 Å². The Morgan fingerprint density at radius 3 is 2.51 bits per heavy atom. The van der Waals surface area contributed by atoms with Crippen LogP contribution in [0.2, 0.25) is 0 Å². The highest BCUT2D eigenvalue weighted by atomic mass is 16.6. The highest BCUT2D eigenvalue weighted by molar-refractivity contribution is 5.99. The van der Waals surface area contributed by atoms with Gasteiger partial charge in [-0.1, -0.05) is 52.2 Å². The topological polar surface area (TPSA) is 96.4 Å². The second-order valence-corrected chi connectivity index (χ2v) is 12.7. The van der Waals surface area contributed by atoms with Crippen molar-refractivity contribution in [2.45, 2.75) is 108 Å². The molecule has 8 nitrogen and oxygen atoms in total. The van der Waals surface area contributed by atoms with Crippen molar-refractivity contribution < 1.29 is 29.0 Å². The van der Waals surface area contributed by atoms with Crippen LogP contribution >= 0.6 is 0 Å². The molecule has 0 aromatic heterocycles. The van der Waals surface area contributed by atoms with Gasteiger partial charge in [0.1, 0.15) is 17.6 Å². The number of amides is 2. The molecule has 1 N–H and O–H groups in total. The molecule has 1 spiro atoms. The first-order valence-electron chi connectivity index (χ1n) is 14.9. The molecular weight excluding hydrogens is 496 g/mol. The summed E-state index contributed by atoms with van der Waals surface area (Å²) in [5.74, 6) is -2.41. The lowest BCUT2D eigenvalue weighted by molar-refractivity contribution is -0.164. The van der Waals surface area contributed by atoms with Crippen molar-refractivity contribution in [1.29, 1.82) is 0 Å². The number of carbonyl (C=O) groups is 3. The van der Waals surface area contributed by atoms with Crippen LogP contribution in [-0.4, -0.2) is 81.8 Å². The van der Waals surface area contributed by atoms with Crippen LogP contribution in [0.15, 0.2) is 25.3 Å². The largest absolute Gasteiger partial charge is 0.465 e. The molecule has 3 aliphatic heterocycles. The summed E-state index contributed by atoms with van der Waals surface area (Å²) < 4.78 is 12.5. The SMILES string of the molecule is C=CCCOC(=O)[C@@H]1[C@H]2C(=O)N([C@@H](CO)CC(C)C)C(C(=O)N(CC=C)C3CCCCC3)C23CC(C)[C@@]1(C)O3. The van der Waals surface area contributed by atoms with E-state index < -0.39 is 41.1 Å². The van der Waals surface area contributed by atoms with Crippen LogP contribution in [0.4, 0.5) is 0 Å². The second kappa shape index (κ2) is 11.7. The quantitative estimate of drug-likeness (QED) is 0.228. The van der Waals surface area contributed by atoms with Crippen LogP contribution in [0.3, 0.4) is 0 Å². The fraction of sp³-hybridized carbons (Fsp3) is 0.774. The molecular formula is C31H48N2O6. The lowest BCUT2D eigenvalue weighted by Crippen LogP contribution is -2.60. The number of hydrogen-bond acceptors (Lipinski definition) is 6. The fourth-order valence-electron chi connectivity index (χ4n) is 7.97. The maximum Gasteiger partial charge on any atom is 0.312 e. The van der Waals surface area contributed by atoms with Crippen molar-refractivity contribution in [2.24, 2.45) is 23.7 Å². The minimum absolute atomic E-state index is 0.0611. The van der Waals surface area contributed by atoms with Crippen molar-refractivity contribution in [2.75, 3.05) is 19.8 Å². The lowest BCUT2D eigenvalue weighted by Gasteiger charge is -2.42. The van der Waals surface area contributed by atoms with Crippen LogP contribution in [0, 0.1) is 23.7 Å². The summed E-state index contributed by atoms with van der Waals surface area (Å²) in [5, 5.41) is 10.5. The van der Waals surface area contributed by atoms with E-state index in [2.05, 4.69) is 13.2 Å². The molecule has 1 saturated carbocycles. The number of aliphatic hydroxyl groups is 1. The number of likely N-dealkylation sites (tertiary alicyclic amines) is 1. The Kier molecular flexibility index (Phi) is 8.96. The molecule has 1 aliphatic carbocycles. The van der Waals surface area contributed by atoms with Gasteiger partial charge in [-0.05, 0) is 50.9 Å². The van der Waals surface area contributed by atoms with Crippen LogP contribution in [0.25, 0.3) is 0 Å². The van der Waals surface area contributed by atoms with Gasteiger partial charge in [0.2, 0.25) is 11.8 Å². The number of hydrogen-bond donors (Lipinski definition) is 1. The molecule has 7 atom stereocenters. The van der Waals surface area contributed by atoms with Crippen molar-refractivity contribution in [3.05, 3.63) is 25.3 Å². The van der Waals surface area contributed by atoms with Gasteiger partial charge in [0.25, 0.3) is 0 Å². The zero-order valence-electron chi connectivity index (χ0n) is 24.3. The van der Waals surface area contributed by atoms with E-state index in [0.717, 1.165) is 32.1 Å². The van der Waals surface area contributed by atoms with Gasteiger partial charge in [0, 0.05) is 12.6 Å². The standard InChI is InChI=1S/C31H48N2O6/c1-7-9-16-38-29(37)25-24-27(35)33(23(19-34)17-20(3)4)26(31(24)18-21(5)30(25,6)39-31)28(36)32(15-8-2)22-13-11-10-12-14-22/h7-8,20-26,34H,1-2,9-19H2,3-6H3/t21?,23-,24+,25+,26?,30-,31?/m1/s1. The average molecular weight is 545 g/mol. The van der Waals surface area contributed by atoms with E-state index in [1.807, 2.05) is 32.6 Å². The zero-order chi connectivity index (χ0) is 28.5. The number of carbonyl (C=O) groups excluding carboxylic acids is 3. The maximum absolute atomic E-state index is 14.7. The summed E-state index contributed by atoms with van der Waals surface area (Å²) in [5.41, 5.74) is -2.07. The monoisotopic (exact) mass is 544 g/mol. The number of rotatable bonds is 12. The van der Waals surface area contributed by atoms with Gasteiger partial charge >= 0.3 is 5.97 Å². The van der Waals surface area contributed by atoms with Gasteiger partial charge in [0.05, 0.1) is 30.8 Å². The highest BCUT2D eigenvalue weighted by Gasteiger charge is 2.80. The molecule has 2 amide bonds. The van der Waals surface area contributed by atoms with Gasteiger partial charge in [-0.25, -0.2) is 0 Å². The first-order valence-corrected chi connectivity index (χ1v) is 14.9. The Hall–Kier alpha value is -2.19. The molecule has 0 radical (unpaired) electrons. The molecule has 8 heteroatoms. The molecule has 3 saturated heterocycles. The van der Waals surface area contributed by atoms with Crippen LogP contribution in [0.5, 0.6) is 0 Å². The average Bonchev–Trinajstić information content (AvgIpc) is 3.42. The number of aliphatic hydroxyl groups excluding tert-OH is 1. The second-order valence-electron chi connectivity index (χ2n) is 12.7. The summed E-state index contributed by atoms with van der Waals surface area (Å²) >= 11 is 0. The van der Waals surface area contributed by atoms with E-state index in [0.29, 0.717) is 25.8 Å². The Balaban J connectivity index is 1.80. The molecule has 3 heterocycles. The minimum Gasteiger partial charge on any atom is -0.465 e. The van der Waals surface area contributed by atoms with E-state index in [1.165, 1.54) is 0 Å². The predicted molar refractivity (Wildman–Crippen MR) is 149 cm³/mol. The van der Waals surface area contributed by atoms with E-state index >= 15 is 0 Å². The molecule has 4 rings (SSSR count). The summed E-state index contributed by atoms with van der Waals surface area (Å²) in [6.45, 7) is 15.9. The van der Waals surface area contributed by atoms with Gasteiger partial charge in [-0.3, -0.25) is 14.4 Å². The Morgan fingerprint density at radius 2 is 1.92 bits per heavy atom. The third-order valence-electron chi connectivity index (χ3n) is 9.78. The molecule has 39 heavy (non-hydrogen) atoms. The third kappa shape index (κ3) is 4.96. The minimum atomic E-state index is -1.15. The van der Waals surface area contributed by atoms with Crippen molar-refractivity contribution in [3.8, 4) is 0 Å². The van der Waals surface area contributed by atoms with Gasteiger partial charge in [-0.2, -0.15) is 0 Å². The van der Waals surface area contributed by atoms with E-state index in [-0.39, 0.29) is 42.9 Å². The maximum atomic E-state index is 14.7. The highest BCUT2D eigenvalue weighted by Crippen LogP contribution is 2.66. The first kappa shape index (κ1) is 29.8. The summed E-state index contributed by atoms with van der Waals surface area (Å²) in [4.78, 5) is 46.2. The Bertz CT molecular complexity index is 961. The summed E-state index contributed by atoms with van der Waals surface area (Å²) in [7, 11) is 0. The van der Waals surface area contributed by atoms with Gasteiger partial charge < -0.3 is 24.4 Å². The fourth-order valence-corrected chi connectivity index (χ4v) is 7.97. The zero-order valence-corrected chi connectivity index (χ0v) is 24.3. The lowest BCUT2D eigenvalue weighted by atomic mass is 9.62. The number of ether oxygens (including phenoxy) is 2. The first-order chi connectivity index (χ1) is 18.6. The Labute approximate surface area is 233 Å². The smallest absolute Gasteiger partial charge is 0.312 e. The molecule has 3 unspecified atom stereocenters. The third-order valence-corrected chi connectivity index (χ3v) is 9.78. The van der Waals surface area contributed by atoms with Crippen LogP contribution < -0.4 is 0 Å². The number of nitrogens with zero attached hydrogens (tertiary/aromatic N) is 2. The van der Waals surface area contributed by atoms with Crippen molar-refractivity contribution in [1.82, 2.24) is 9.80 Å². The predicted octanol–water partition coefficient (Wildman–Crippen LogP) is 3.87. The molecule has 2 bridgehead atoms. The molecule has 4 aliphatic rings. The van der Waals surface area contributed by atoms with Gasteiger partial charge in [0.15, 0.2) is 0 Å². The summed E-state index contributed by atoms with van der Waals surface area (Å²) in [6, 6.07) is -1.39.